The molecule has 0 spiro atoms. The molecule has 7 rings (SSSR count). The molecule has 1 aliphatic rings. The highest BCUT2D eigenvalue weighted by Gasteiger charge is 2.22. The van der Waals surface area contributed by atoms with Crippen molar-refractivity contribution < 1.29 is 4.74 Å². The second-order valence-electron chi connectivity index (χ2n) is 9.48. The van der Waals surface area contributed by atoms with Crippen LogP contribution in [0.25, 0.3) is 56.7 Å². The molecule has 0 saturated carbocycles. The quantitative estimate of drug-likeness (QED) is 0.248. The zero-order chi connectivity index (χ0) is 25.6. The molecule has 0 N–H and O–H groups in total. The summed E-state index contributed by atoms with van der Waals surface area (Å²) in [6, 6.07) is 33.2. The average molecular weight is 492 g/mol. The SMILES string of the molecule is CC=C(C)c1cc(-n2c3ccccc3c3c4c(ccc32)C=Cc2ccccc2O4)nc(-c2ccccc2)n1. The second-order valence-corrected chi connectivity index (χ2v) is 9.48. The molecule has 0 saturated heterocycles. The van der Waals surface area contributed by atoms with E-state index >= 15 is 0 Å². The van der Waals surface area contributed by atoms with Crippen LogP contribution in [0, 0.1) is 0 Å². The monoisotopic (exact) mass is 491 g/mol. The van der Waals surface area contributed by atoms with Crippen LogP contribution in [0.5, 0.6) is 11.5 Å². The number of nitrogens with zero attached hydrogens (tertiary/aromatic N) is 3. The molecule has 2 aromatic heterocycles. The molecule has 1 aliphatic heterocycles. The third-order valence-corrected chi connectivity index (χ3v) is 7.21. The summed E-state index contributed by atoms with van der Waals surface area (Å²) in [7, 11) is 0. The standard InChI is InChI=1S/C34H25N3O/c1-3-22(2)27-21-31(36-34(35-27)25-12-5-4-6-13-25)37-28-15-9-8-14-26(28)32-29(37)20-19-24-18-17-23-11-7-10-16-30(23)38-33(24)32/h3-21H,1-2H3. The highest BCUT2D eigenvalue weighted by atomic mass is 16.5. The van der Waals surface area contributed by atoms with E-state index in [9.17, 15) is 0 Å². The summed E-state index contributed by atoms with van der Waals surface area (Å²) in [6.45, 7) is 4.13. The van der Waals surface area contributed by atoms with Gasteiger partial charge in [0, 0.05) is 28.1 Å². The summed E-state index contributed by atoms with van der Waals surface area (Å²) in [5, 5.41) is 2.19. The van der Waals surface area contributed by atoms with Crippen LogP contribution in [0.15, 0.2) is 103 Å². The van der Waals surface area contributed by atoms with Gasteiger partial charge in [0.15, 0.2) is 5.82 Å². The molecule has 0 amide bonds. The first-order valence-electron chi connectivity index (χ1n) is 12.8. The minimum atomic E-state index is 0.702. The third-order valence-electron chi connectivity index (χ3n) is 7.21. The molecule has 4 aromatic carbocycles. The van der Waals surface area contributed by atoms with Crippen molar-refractivity contribution >= 4 is 39.5 Å². The fourth-order valence-electron chi connectivity index (χ4n) is 5.15. The summed E-state index contributed by atoms with van der Waals surface area (Å²) in [6.07, 6.45) is 6.34. The van der Waals surface area contributed by atoms with Crippen LogP contribution in [0.3, 0.4) is 0 Å². The van der Waals surface area contributed by atoms with E-state index in [0.717, 1.165) is 67.1 Å². The Hall–Kier alpha value is -4.96. The van der Waals surface area contributed by atoms with Crippen LogP contribution in [0.1, 0.15) is 30.7 Å². The summed E-state index contributed by atoms with van der Waals surface area (Å²) in [5.41, 5.74) is 7.22. The van der Waals surface area contributed by atoms with Gasteiger partial charge in [0.25, 0.3) is 0 Å². The van der Waals surface area contributed by atoms with Gasteiger partial charge in [-0.05, 0) is 43.7 Å². The molecule has 0 atom stereocenters. The molecule has 4 heteroatoms. The fourth-order valence-corrected chi connectivity index (χ4v) is 5.15. The van der Waals surface area contributed by atoms with E-state index in [1.54, 1.807) is 0 Å². The molecule has 0 aliphatic carbocycles. The zero-order valence-electron chi connectivity index (χ0n) is 21.2. The van der Waals surface area contributed by atoms with Crippen molar-refractivity contribution in [1.82, 2.24) is 14.5 Å². The van der Waals surface area contributed by atoms with Crippen molar-refractivity contribution in [2.45, 2.75) is 13.8 Å². The number of aromatic nitrogens is 3. The van der Waals surface area contributed by atoms with Crippen LogP contribution in [0.4, 0.5) is 0 Å². The maximum absolute atomic E-state index is 6.63. The van der Waals surface area contributed by atoms with Gasteiger partial charge in [0.1, 0.15) is 17.3 Å². The Balaban J connectivity index is 1.55. The predicted molar refractivity (Wildman–Crippen MR) is 157 cm³/mol. The summed E-state index contributed by atoms with van der Waals surface area (Å²) in [5.74, 6) is 3.24. The molecule has 0 radical (unpaired) electrons. The molecular formula is C34H25N3O. The molecule has 0 bridgehead atoms. The fraction of sp³-hybridized carbons (Fsp3) is 0.0588. The first-order chi connectivity index (χ1) is 18.7. The highest BCUT2D eigenvalue weighted by Crippen LogP contribution is 2.44. The van der Waals surface area contributed by atoms with Gasteiger partial charge >= 0.3 is 0 Å². The van der Waals surface area contributed by atoms with Crippen LogP contribution >= 0.6 is 0 Å². The van der Waals surface area contributed by atoms with Gasteiger partial charge in [-0.1, -0.05) is 85.0 Å². The number of hydrogen-bond donors (Lipinski definition) is 0. The first kappa shape index (κ1) is 22.3. The molecule has 0 unspecified atom stereocenters. The predicted octanol–water partition coefficient (Wildman–Crippen LogP) is 8.94. The Kier molecular flexibility index (Phi) is 5.19. The van der Waals surface area contributed by atoms with Crippen LogP contribution in [-0.4, -0.2) is 14.5 Å². The summed E-state index contributed by atoms with van der Waals surface area (Å²) in [4.78, 5) is 10.0. The van der Waals surface area contributed by atoms with E-state index in [0.29, 0.717) is 5.82 Å². The van der Waals surface area contributed by atoms with Crippen molar-refractivity contribution in [1.29, 1.82) is 0 Å². The van der Waals surface area contributed by atoms with Gasteiger partial charge in [0.05, 0.1) is 22.1 Å². The number of fused-ring (bicyclic) bond motifs is 6. The Morgan fingerprint density at radius 3 is 2.39 bits per heavy atom. The van der Waals surface area contributed by atoms with Gasteiger partial charge < -0.3 is 4.74 Å². The molecular weight excluding hydrogens is 466 g/mol. The summed E-state index contributed by atoms with van der Waals surface area (Å²) >= 11 is 0. The van der Waals surface area contributed by atoms with Crippen LogP contribution < -0.4 is 4.74 Å². The highest BCUT2D eigenvalue weighted by molar-refractivity contribution is 6.13. The van der Waals surface area contributed by atoms with Gasteiger partial charge in [-0.2, -0.15) is 0 Å². The second kappa shape index (κ2) is 8.86. The van der Waals surface area contributed by atoms with Crippen molar-refractivity contribution in [3.8, 4) is 28.7 Å². The zero-order valence-corrected chi connectivity index (χ0v) is 21.2. The molecule has 4 nitrogen and oxygen atoms in total. The minimum Gasteiger partial charge on any atom is -0.455 e. The van der Waals surface area contributed by atoms with Gasteiger partial charge in [-0.25, -0.2) is 9.97 Å². The van der Waals surface area contributed by atoms with Crippen molar-refractivity contribution in [3.63, 3.8) is 0 Å². The number of allylic oxidation sites excluding steroid dienone is 2. The van der Waals surface area contributed by atoms with Gasteiger partial charge in [0.2, 0.25) is 0 Å². The lowest BCUT2D eigenvalue weighted by molar-refractivity contribution is 0.487. The van der Waals surface area contributed by atoms with E-state index in [-0.39, 0.29) is 0 Å². The van der Waals surface area contributed by atoms with E-state index in [4.69, 9.17) is 14.7 Å². The molecule has 3 heterocycles. The lowest BCUT2D eigenvalue weighted by Crippen LogP contribution is -2.03. The maximum atomic E-state index is 6.63. The first-order valence-corrected chi connectivity index (χ1v) is 12.8. The Morgan fingerprint density at radius 2 is 1.53 bits per heavy atom. The third kappa shape index (κ3) is 3.53. The van der Waals surface area contributed by atoms with Gasteiger partial charge in [-0.15, -0.1) is 0 Å². The van der Waals surface area contributed by atoms with Gasteiger partial charge in [-0.3, -0.25) is 4.57 Å². The Labute approximate surface area is 221 Å². The minimum absolute atomic E-state index is 0.702. The Bertz CT molecular complexity index is 1910. The van der Waals surface area contributed by atoms with Crippen LogP contribution in [0.2, 0.25) is 0 Å². The van der Waals surface area contributed by atoms with Crippen molar-refractivity contribution in [3.05, 3.63) is 120 Å². The molecule has 182 valence electrons. The molecule has 6 aromatic rings. The summed E-state index contributed by atoms with van der Waals surface area (Å²) < 4.78 is 8.86. The van der Waals surface area contributed by atoms with E-state index < -0.39 is 0 Å². The number of ether oxygens (including phenoxy) is 1. The lowest BCUT2D eigenvalue weighted by atomic mass is 10.1. The van der Waals surface area contributed by atoms with Crippen molar-refractivity contribution in [2.75, 3.05) is 0 Å². The number of rotatable bonds is 3. The lowest BCUT2D eigenvalue weighted by Gasteiger charge is -2.13. The normalized spacial score (nSPS) is 12.7. The number of hydrogen-bond acceptors (Lipinski definition) is 3. The van der Waals surface area contributed by atoms with Crippen LogP contribution in [-0.2, 0) is 0 Å². The molecule has 0 fully saturated rings. The Morgan fingerprint density at radius 1 is 0.763 bits per heavy atom. The van der Waals surface area contributed by atoms with E-state index in [1.807, 2.05) is 43.3 Å². The molecule has 38 heavy (non-hydrogen) atoms. The largest absolute Gasteiger partial charge is 0.455 e. The average Bonchev–Trinajstić information content (AvgIpc) is 3.19. The van der Waals surface area contributed by atoms with E-state index in [1.165, 1.54) is 0 Å². The number of para-hydroxylation sites is 2. The number of benzene rings is 4. The smallest absolute Gasteiger partial charge is 0.162 e. The maximum Gasteiger partial charge on any atom is 0.162 e. The van der Waals surface area contributed by atoms with E-state index in [2.05, 4.69) is 90.4 Å². The van der Waals surface area contributed by atoms with Crippen molar-refractivity contribution in [2.24, 2.45) is 0 Å². The topological polar surface area (TPSA) is 39.9 Å².